The minimum absolute atomic E-state index is 0.124. The van der Waals surface area contributed by atoms with Gasteiger partial charge in [-0.25, -0.2) is 9.97 Å². The van der Waals surface area contributed by atoms with Crippen molar-refractivity contribution in [3.8, 4) is 11.5 Å². The highest BCUT2D eigenvalue weighted by atomic mass is 16.5. The van der Waals surface area contributed by atoms with Gasteiger partial charge in [-0.1, -0.05) is 6.07 Å². The van der Waals surface area contributed by atoms with Gasteiger partial charge in [-0.3, -0.25) is 4.79 Å². The third kappa shape index (κ3) is 4.19. The topological polar surface area (TPSA) is 67.8 Å². The van der Waals surface area contributed by atoms with Gasteiger partial charge >= 0.3 is 0 Å². The summed E-state index contributed by atoms with van der Waals surface area (Å²) in [6.45, 7) is 3.38. The Labute approximate surface area is 171 Å². The highest BCUT2D eigenvalue weighted by Gasteiger charge is 2.30. The van der Waals surface area contributed by atoms with Gasteiger partial charge in [-0.15, -0.1) is 0 Å². The maximum atomic E-state index is 12.8. The Morgan fingerprint density at radius 3 is 2.83 bits per heavy atom. The number of carbonyl (C=O) groups is 1. The van der Waals surface area contributed by atoms with Crippen LogP contribution in [0.2, 0.25) is 0 Å². The van der Waals surface area contributed by atoms with Crippen LogP contribution in [0.25, 0.3) is 0 Å². The quantitative estimate of drug-likeness (QED) is 0.771. The van der Waals surface area contributed by atoms with Crippen LogP contribution in [0.15, 0.2) is 24.4 Å². The summed E-state index contributed by atoms with van der Waals surface area (Å²) >= 11 is 0. The fourth-order valence-corrected chi connectivity index (χ4v) is 4.14. The molecule has 1 atom stereocenters. The van der Waals surface area contributed by atoms with E-state index in [0.717, 1.165) is 43.9 Å². The standard InChI is InChI=1S/C22H28N4O3/c1-25-8-7-18-17(13-25)12-23-22(24-18)16-6-9-26(14-16)21(27)11-15-4-5-19(28-2)20(10-15)29-3/h4-5,10,12,16H,6-9,11,13-14H2,1-3H3. The first-order chi connectivity index (χ1) is 14.1. The van der Waals surface area contributed by atoms with Crippen LogP contribution < -0.4 is 9.47 Å². The Morgan fingerprint density at radius 2 is 2.03 bits per heavy atom. The minimum atomic E-state index is 0.124. The summed E-state index contributed by atoms with van der Waals surface area (Å²) in [5.74, 6) is 2.54. The van der Waals surface area contributed by atoms with Crippen molar-refractivity contribution in [2.24, 2.45) is 0 Å². The first-order valence-electron chi connectivity index (χ1n) is 10.1. The number of carbonyl (C=O) groups excluding carboxylic acids is 1. The molecule has 0 radical (unpaired) electrons. The number of hydrogen-bond acceptors (Lipinski definition) is 6. The maximum absolute atomic E-state index is 12.8. The fraction of sp³-hybridized carbons (Fsp3) is 0.500. The first kappa shape index (κ1) is 19.6. The number of ether oxygens (including phenoxy) is 2. The van der Waals surface area contributed by atoms with E-state index in [1.807, 2.05) is 29.3 Å². The van der Waals surface area contributed by atoms with E-state index in [1.165, 1.54) is 11.3 Å². The fourth-order valence-electron chi connectivity index (χ4n) is 4.14. The number of likely N-dealkylation sites (N-methyl/N-ethyl adjacent to an activating group) is 1. The Kier molecular flexibility index (Phi) is 5.67. The predicted octanol–water partition coefficient (Wildman–Crippen LogP) is 2.04. The lowest BCUT2D eigenvalue weighted by Gasteiger charge is -2.24. The van der Waals surface area contributed by atoms with Crippen LogP contribution in [0, 0.1) is 0 Å². The van der Waals surface area contributed by atoms with Crippen molar-refractivity contribution in [2.75, 3.05) is 40.9 Å². The van der Waals surface area contributed by atoms with Crippen LogP contribution in [-0.2, 0) is 24.2 Å². The zero-order chi connectivity index (χ0) is 20.4. The van der Waals surface area contributed by atoms with Crippen LogP contribution in [0.4, 0.5) is 0 Å². The summed E-state index contributed by atoms with van der Waals surface area (Å²) in [6, 6.07) is 5.62. The molecule has 154 valence electrons. The SMILES string of the molecule is COc1ccc(CC(=O)N2CCC(c3ncc4c(n3)CCN(C)C4)C2)cc1OC. The van der Waals surface area contributed by atoms with Gasteiger partial charge in [0.2, 0.25) is 5.91 Å². The molecule has 29 heavy (non-hydrogen) atoms. The summed E-state index contributed by atoms with van der Waals surface area (Å²) in [5, 5.41) is 0. The molecule has 0 spiro atoms. The Balaban J connectivity index is 1.40. The molecule has 2 aliphatic rings. The molecule has 2 aromatic rings. The lowest BCUT2D eigenvalue weighted by molar-refractivity contribution is -0.129. The van der Waals surface area contributed by atoms with Crippen molar-refractivity contribution in [3.05, 3.63) is 47.0 Å². The molecule has 7 heteroatoms. The minimum Gasteiger partial charge on any atom is -0.493 e. The molecular weight excluding hydrogens is 368 g/mol. The van der Waals surface area contributed by atoms with E-state index < -0.39 is 0 Å². The van der Waals surface area contributed by atoms with Gasteiger partial charge in [0.15, 0.2) is 11.5 Å². The molecule has 1 unspecified atom stereocenters. The van der Waals surface area contributed by atoms with Crippen molar-refractivity contribution >= 4 is 5.91 Å². The monoisotopic (exact) mass is 396 g/mol. The van der Waals surface area contributed by atoms with Gasteiger partial charge in [0.05, 0.1) is 20.6 Å². The van der Waals surface area contributed by atoms with Crippen molar-refractivity contribution in [1.29, 1.82) is 0 Å². The first-order valence-corrected chi connectivity index (χ1v) is 10.1. The van der Waals surface area contributed by atoms with Crippen molar-refractivity contribution in [2.45, 2.75) is 31.7 Å². The number of amides is 1. The molecule has 0 aliphatic carbocycles. The smallest absolute Gasteiger partial charge is 0.227 e. The Bertz CT molecular complexity index is 902. The van der Waals surface area contributed by atoms with E-state index in [2.05, 4.69) is 16.9 Å². The van der Waals surface area contributed by atoms with Gasteiger partial charge in [0.1, 0.15) is 5.82 Å². The molecule has 7 nitrogen and oxygen atoms in total. The second-order valence-electron chi connectivity index (χ2n) is 7.88. The van der Waals surface area contributed by atoms with Gasteiger partial charge in [0, 0.05) is 56.0 Å². The number of benzene rings is 1. The van der Waals surface area contributed by atoms with Crippen LogP contribution in [-0.4, -0.2) is 66.6 Å². The van der Waals surface area contributed by atoms with E-state index >= 15 is 0 Å². The zero-order valence-corrected chi connectivity index (χ0v) is 17.4. The summed E-state index contributed by atoms with van der Waals surface area (Å²) in [5.41, 5.74) is 3.32. The number of methoxy groups -OCH3 is 2. The van der Waals surface area contributed by atoms with Gasteiger partial charge in [0.25, 0.3) is 0 Å². The van der Waals surface area contributed by atoms with E-state index in [0.29, 0.717) is 24.5 Å². The lowest BCUT2D eigenvalue weighted by atomic mass is 10.1. The molecular formula is C22H28N4O3. The van der Waals surface area contributed by atoms with Crippen molar-refractivity contribution in [1.82, 2.24) is 19.8 Å². The highest BCUT2D eigenvalue weighted by molar-refractivity contribution is 5.79. The molecule has 1 amide bonds. The average molecular weight is 396 g/mol. The summed E-state index contributed by atoms with van der Waals surface area (Å²) in [4.78, 5) is 26.5. The second kappa shape index (κ2) is 8.37. The molecule has 0 bridgehead atoms. The largest absolute Gasteiger partial charge is 0.493 e. The molecule has 0 N–H and O–H groups in total. The number of nitrogens with zero attached hydrogens (tertiary/aromatic N) is 4. The number of fused-ring (bicyclic) bond motifs is 1. The van der Waals surface area contributed by atoms with E-state index in [4.69, 9.17) is 14.5 Å². The van der Waals surface area contributed by atoms with Gasteiger partial charge in [-0.2, -0.15) is 0 Å². The third-order valence-electron chi connectivity index (χ3n) is 5.85. The molecule has 1 aromatic carbocycles. The molecule has 3 heterocycles. The molecule has 4 rings (SSSR count). The maximum Gasteiger partial charge on any atom is 0.227 e. The van der Waals surface area contributed by atoms with Gasteiger partial charge < -0.3 is 19.3 Å². The number of rotatable bonds is 5. The van der Waals surface area contributed by atoms with Crippen molar-refractivity contribution in [3.63, 3.8) is 0 Å². The van der Waals surface area contributed by atoms with Gasteiger partial charge in [-0.05, 0) is 31.2 Å². The summed E-state index contributed by atoms with van der Waals surface area (Å²) < 4.78 is 10.6. The highest BCUT2D eigenvalue weighted by Crippen LogP contribution is 2.29. The van der Waals surface area contributed by atoms with Crippen LogP contribution in [0.3, 0.4) is 0 Å². The molecule has 2 aliphatic heterocycles. The summed E-state index contributed by atoms with van der Waals surface area (Å²) in [7, 11) is 5.33. The summed E-state index contributed by atoms with van der Waals surface area (Å²) in [6.07, 6.45) is 4.21. The normalized spacial score (nSPS) is 19.1. The molecule has 1 fully saturated rings. The predicted molar refractivity (Wildman–Crippen MR) is 109 cm³/mol. The molecule has 0 saturated carbocycles. The Morgan fingerprint density at radius 1 is 1.21 bits per heavy atom. The average Bonchev–Trinajstić information content (AvgIpc) is 3.23. The Hall–Kier alpha value is -2.67. The van der Waals surface area contributed by atoms with E-state index in [9.17, 15) is 4.79 Å². The zero-order valence-electron chi connectivity index (χ0n) is 17.4. The van der Waals surface area contributed by atoms with E-state index in [1.54, 1.807) is 14.2 Å². The van der Waals surface area contributed by atoms with E-state index in [-0.39, 0.29) is 11.8 Å². The van der Waals surface area contributed by atoms with Crippen LogP contribution in [0.1, 0.15) is 35.0 Å². The number of likely N-dealkylation sites (tertiary alicyclic amines) is 1. The lowest BCUT2D eigenvalue weighted by Crippen LogP contribution is -2.30. The molecule has 1 saturated heterocycles. The van der Waals surface area contributed by atoms with Crippen LogP contribution in [0.5, 0.6) is 11.5 Å². The third-order valence-corrected chi connectivity index (χ3v) is 5.85. The van der Waals surface area contributed by atoms with Crippen LogP contribution >= 0.6 is 0 Å². The number of hydrogen-bond donors (Lipinski definition) is 0. The second-order valence-corrected chi connectivity index (χ2v) is 7.88. The number of aromatic nitrogens is 2. The van der Waals surface area contributed by atoms with Crippen molar-refractivity contribution < 1.29 is 14.3 Å². The molecule has 1 aromatic heterocycles.